The molecule has 2 aliphatic heterocycles. The number of ether oxygens (including phenoxy) is 10. The van der Waals surface area contributed by atoms with Crippen molar-refractivity contribution in [2.24, 2.45) is 17.3 Å². The van der Waals surface area contributed by atoms with Gasteiger partial charge in [0.25, 0.3) is 0 Å². The smallest absolute Gasteiger partial charge is 0.311 e. The lowest BCUT2D eigenvalue weighted by molar-refractivity contribution is -0.369. The maximum Gasteiger partial charge on any atom is 0.311 e. The van der Waals surface area contributed by atoms with Gasteiger partial charge in [-0.25, -0.2) is 0 Å². The fraction of sp³-hybridized carbons (Fsp3) is 0.667. The number of benzene rings is 3. The van der Waals surface area contributed by atoms with E-state index in [1.165, 1.54) is 0 Å². The van der Waals surface area contributed by atoms with E-state index in [1.807, 2.05) is 100 Å². The van der Waals surface area contributed by atoms with Gasteiger partial charge >= 0.3 is 5.97 Å². The number of hydrogen-bond donors (Lipinski definition) is 1. The van der Waals surface area contributed by atoms with Crippen LogP contribution in [0.3, 0.4) is 0 Å². The molecule has 0 aromatic heterocycles. The molecule has 1 N–H and O–H groups in total. The standard InChI is InChI=1S/C57H88O13Si/c1-37(2)71(38(3)4,39(5)6)68-36-50-53(66-34-43-21-27-46(61-13)28-22-43)51(65-33-42-19-25-45(60-12)26-20-42)41(8)52(69-50)54(67-35-44-23-29-47(62-14)30-24-44)57(63-15)32-48(58)40(7)49(70-57)18-16-17-31-64-55(59)56(9,10)11/h19-30,37-41,48-54,58H,16-18,31-36H2,1-15H3/t40-,41-,48-,49-,50-,51-,52-,53-,54+,57-/m1/s1. The minimum atomic E-state index is -2.44. The Balaban J connectivity index is 1.60. The van der Waals surface area contributed by atoms with Crippen molar-refractivity contribution in [3.8, 4) is 17.2 Å². The molecule has 0 saturated carbocycles. The van der Waals surface area contributed by atoms with Crippen LogP contribution in [-0.2, 0) is 62.2 Å². The normalized spacial score (nSPS) is 25.6. The average molecular weight is 1010 g/mol. The van der Waals surface area contributed by atoms with Crippen LogP contribution in [0.25, 0.3) is 0 Å². The van der Waals surface area contributed by atoms with Crippen LogP contribution in [0.4, 0.5) is 0 Å². The van der Waals surface area contributed by atoms with E-state index in [0.717, 1.165) is 33.9 Å². The van der Waals surface area contributed by atoms with E-state index in [2.05, 4.69) is 48.5 Å². The number of hydrogen-bond acceptors (Lipinski definition) is 13. The van der Waals surface area contributed by atoms with Crippen LogP contribution in [0.1, 0.15) is 119 Å². The second kappa shape index (κ2) is 26.6. The molecule has 0 radical (unpaired) electrons. The van der Waals surface area contributed by atoms with Crippen molar-refractivity contribution in [3.05, 3.63) is 89.5 Å². The maximum absolute atomic E-state index is 12.5. The fourth-order valence-corrected chi connectivity index (χ4v) is 16.1. The Morgan fingerprint density at radius 1 is 0.690 bits per heavy atom. The summed E-state index contributed by atoms with van der Waals surface area (Å²) in [6, 6.07) is 23.5. The maximum atomic E-state index is 12.5. The molecule has 10 atom stereocenters. The Hall–Kier alpha value is -3.57. The molecule has 2 saturated heterocycles. The fourth-order valence-electron chi connectivity index (χ4n) is 10.7. The average Bonchev–Trinajstić information content (AvgIpc) is 3.34. The van der Waals surface area contributed by atoms with Crippen molar-refractivity contribution in [1.29, 1.82) is 0 Å². The number of carbonyl (C=O) groups is 1. The van der Waals surface area contributed by atoms with Gasteiger partial charge in [-0.15, -0.1) is 0 Å². The van der Waals surface area contributed by atoms with Crippen molar-refractivity contribution in [1.82, 2.24) is 0 Å². The molecule has 2 aliphatic rings. The molecule has 3 aromatic carbocycles. The van der Waals surface area contributed by atoms with Gasteiger partial charge in [-0.05, 0) is 110 Å². The number of aliphatic hydroxyl groups is 1. The first-order chi connectivity index (χ1) is 33.7. The van der Waals surface area contributed by atoms with Gasteiger partial charge in [0.1, 0.15) is 35.6 Å². The molecule has 2 heterocycles. The van der Waals surface area contributed by atoms with Crippen molar-refractivity contribution in [2.75, 3.05) is 41.7 Å². The zero-order chi connectivity index (χ0) is 52.1. The third-order valence-corrected chi connectivity index (χ3v) is 21.0. The van der Waals surface area contributed by atoms with Gasteiger partial charge < -0.3 is 56.9 Å². The number of esters is 1. The van der Waals surface area contributed by atoms with E-state index in [0.29, 0.717) is 49.1 Å². The van der Waals surface area contributed by atoms with Crippen LogP contribution in [-0.4, -0.2) is 110 Å². The Morgan fingerprint density at radius 2 is 1.17 bits per heavy atom. The number of aliphatic hydroxyl groups excluding tert-OH is 1. The Bertz CT molecular complexity index is 2000. The predicted octanol–water partition coefficient (Wildman–Crippen LogP) is 11.3. The second-order valence-corrected chi connectivity index (χ2v) is 27.1. The zero-order valence-corrected chi connectivity index (χ0v) is 46.6. The molecule has 2 fully saturated rings. The van der Waals surface area contributed by atoms with Crippen molar-refractivity contribution in [2.45, 2.75) is 187 Å². The van der Waals surface area contributed by atoms with E-state index in [1.54, 1.807) is 28.4 Å². The van der Waals surface area contributed by atoms with E-state index < -0.39 is 62.2 Å². The number of rotatable bonds is 26. The minimum Gasteiger partial charge on any atom is -0.497 e. The summed E-state index contributed by atoms with van der Waals surface area (Å²) in [5, 5.41) is 12.1. The van der Waals surface area contributed by atoms with Gasteiger partial charge in [-0.2, -0.15) is 0 Å². The van der Waals surface area contributed by atoms with Gasteiger partial charge in [0.15, 0.2) is 14.1 Å². The summed E-state index contributed by atoms with van der Waals surface area (Å²) < 4.78 is 72.2. The number of carbonyl (C=O) groups excluding carboxylic acids is 1. The molecule has 0 unspecified atom stereocenters. The molecule has 3 aromatic rings. The molecular formula is C57H88O13Si. The molecule has 13 nitrogen and oxygen atoms in total. The van der Waals surface area contributed by atoms with E-state index in [9.17, 15) is 9.90 Å². The molecule has 398 valence electrons. The van der Waals surface area contributed by atoms with Gasteiger partial charge in [0.2, 0.25) is 0 Å². The van der Waals surface area contributed by atoms with E-state index in [4.69, 9.17) is 51.8 Å². The Labute approximate surface area is 426 Å². The summed E-state index contributed by atoms with van der Waals surface area (Å²) in [5.41, 5.74) is 3.23. The lowest BCUT2D eigenvalue weighted by Gasteiger charge is -2.54. The summed E-state index contributed by atoms with van der Waals surface area (Å²) in [6.07, 6.45) is -2.50. The molecule has 0 amide bonds. The minimum absolute atomic E-state index is 0.129. The van der Waals surface area contributed by atoms with Crippen LogP contribution < -0.4 is 14.2 Å². The van der Waals surface area contributed by atoms with Crippen LogP contribution in [0.15, 0.2) is 72.8 Å². The SMILES string of the molecule is COc1ccc(CO[C@@H]2[C@@H](C)[C@H]([C@H](OCc3ccc(OC)cc3)[C@@]3(OC)C[C@@H](O)[C@@H](C)[C@@H](CCCCOC(=O)C(C)(C)C)O3)O[C@H](CO[Si](C(C)C)(C(C)C)C(C)C)[C@H]2OCc2ccc(OC)cc2)cc1. The number of methoxy groups -OCH3 is 4. The van der Waals surface area contributed by atoms with Gasteiger partial charge in [-0.3, -0.25) is 4.79 Å². The van der Waals surface area contributed by atoms with Crippen LogP contribution >= 0.6 is 0 Å². The van der Waals surface area contributed by atoms with Crippen molar-refractivity contribution >= 4 is 14.3 Å². The molecule has 5 rings (SSSR count). The van der Waals surface area contributed by atoms with Gasteiger partial charge in [0.05, 0.1) is 84.2 Å². The monoisotopic (exact) mass is 1010 g/mol. The van der Waals surface area contributed by atoms with Crippen LogP contribution in [0, 0.1) is 17.3 Å². The van der Waals surface area contributed by atoms with E-state index in [-0.39, 0.29) is 44.0 Å². The largest absolute Gasteiger partial charge is 0.497 e. The first kappa shape index (κ1) is 58.3. The molecule has 0 bridgehead atoms. The van der Waals surface area contributed by atoms with Gasteiger partial charge in [-0.1, -0.05) is 91.8 Å². The summed E-state index contributed by atoms with van der Waals surface area (Å²) in [7, 11) is 4.13. The van der Waals surface area contributed by atoms with Gasteiger partial charge in [0, 0.05) is 25.4 Å². The Kier molecular flexibility index (Phi) is 21.8. The lowest BCUT2D eigenvalue weighted by Crippen LogP contribution is -2.67. The summed E-state index contributed by atoms with van der Waals surface area (Å²) in [4.78, 5) is 12.5. The van der Waals surface area contributed by atoms with Crippen molar-refractivity contribution in [3.63, 3.8) is 0 Å². The molecule has 71 heavy (non-hydrogen) atoms. The highest BCUT2D eigenvalue weighted by atomic mass is 28.4. The van der Waals surface area contributed by atoms with Crippen LogP contribution in [0.2, 0.25) is 16.6 Å². The van der Waals surface area contributed by atoms with E-state index >= 15 is 0 Å². The third kappa shape index (κ3) is 14.8. The highest BCUT2D eigenvalue weighted by molar-refractivity contribution is 6.77. The third-order valence-electron chi connectivity index (χ3n) is 14.9. The van der Waals surface area contributed by atoms with Crippen LogP contribution in [0.5, 0.6) is 17.2 Å². The Morgan fingerprint density at radius 3 is 1.62 bits per heavy atom. The number of unbranched alkanes of at least 4 members (excludes halogenated alkanes) is 1. The lowest BCUT2D eigenvalue weighted by atomic mass is 9.78. The first-order valence-electron chi connectivity index (χ1n) is 25.8. The van der Waals surface area contributed by atoms with Crippen molar-refractivity contribution < 1.29 is 61.7 Å². The summed E-state index contributed by atoms with van der Waals surface area (Å²) >= 11 is 0. The summed E-state index contributed by atoms with van der Waals surface area (Å²) in [5.74, 6) is -0.0475. The summed E-state index contributed by atoms with van der Waals surface area (Å²) in [6.45, 7) is 24.7. The second-order valence-electron chi connectivity index (χ2n) is 21.6. The molecule has 14 heteroatoms. The predicted molar refractivity (Wildman–Crippen MR) is 278 cm³/mol. The molecule has 0 spiro atoms. The first-order valence-corrected chi connectivity index (χ1v) is 28.0. The topological polar surface area (TPSA) is 139 Å². The molecule has 0 aliphatic carbocycles. The highest BCUT2D eigenvalue weighted by Crippen LogP contribution is 2.47. The zero-order valence-electron chi connectivity index (χ0n) is 45.6. The quantitative estimate of drug-likeness (QED) is 0.0464. The highest BCUT2D eigenvalue weighted by Gasteiger charge is 2.59. The molecular weight excluding hydrogens is 921 g/mol.